The van der Waals surface area contributed by atoms with Gasteiger partial charge in [0.05, 0.1) is 5.25 Å². The Labute approximate surface area is 57.9 Å². The highest BCUT2D eigenvalue weighted by Gasteiger charge is 2.25. The Kier molecular flexibility index (Phi) is 2.24. The summed E-state index contributed by atoms with van der Waals surface area (Å²) < 4.78 is 19.1. The summed E-state index contributed by atoms with van der Waals surface area (Å²) in [5, 5.41) is 0.0694. The van der Waals surface area contributed by atoms with Gasteiger partial charge < -0.3 is 4.55 Å². The monoisotopic (exact) mass is 148 g/mol. The van der Waals surface area contributed by atoms with Crippen LogP contribution < -0.4 is 0 Å². The first-order chi connectivity index (χ1) is 4.20. The van der Waals surface area contributed by atoms with E-state index >= 15 is 0 Å². The summed E-state index contributed by atoms with van der Waals surface area (Å²) in [5.41, 5.74) is 0. The minimum absolute atomic E-state index is 0.0694. The first-order valence-corrected chi connectivity index (χ1v) is 4.47. The summed E-state index contributed by atoms with van der Waals surface area (Å²) in [4.78, 5) is 0. The van der Waals surface area contributed by atoms with E-state index in [-0.39, 0.29) is 5.25 Å². The predicted octanol–water partition coefficient (Wildman–Crippen LogP) is 1.40. The van der Waals surface area contributed by atoms with Crippen LogP contribution in [0.15, 0.2) is 0 Å². The molecular weight excluding hydrogens is 136 g/mol. The van der Waals surface area contributed by atoms with Crippen LogP contribution in [0, 0.1) is 5.92 Å². The van der Waals surface area contributed by atoms with Gasteiger partial charge in [-0.05, 0) is 25.2 Å². The van der Waals surface area contributed by atoms with Gasteiger partial charge >= 0.3 is 0 Å². The summed E-state index contributed by atoms with van der Waals surface area (Å²) in [7, 11) is 0. The third-order valence-corrected chi connectivity index (χ3v) is 2.93. The molecule has 0 aromatic rings. The van der Waals surface area contributed by atoms with Crippen molar-refractivity contribution >= 4 is 11.1 Å². The summed E-state index contributed by atoms with van der Waals surface area (Å²) in [6, 6.07) is 0. The van der Waals surface area contributed by atoms with Crippen molar-refractivity contribution in [3.8, 4) is 0 Å². The number of hydrogen-bond acceptors (Lipinski definition) is 1. The van der Waals surface area contributed by atoms with Crippen LogP contribution >= 0.6 is 0 Å². The predicted molar refractivity (Wildman–Crippen MR) is 37.6 cm³/mol. The molecule has 9 heavy (non-hydrogen) atoms. The van der Waals surface area contributed by atoms with Gasteiger partial charge in [-0.1, -0.05) is 6.92 Å². The van der Waals surface area contributed by atoms with Gasteiger partial charge in [-0.25, -0.2) is 4.21 Å². The first-order valence-electron chi connectivity index (χ1n) is 3.30. The molecule has 2 nitrogen and oxygen atoms in total. The third-order valence-electron chi connectivity index (χ3n) is 1.93. The van der Waals surface area contributed by atoms with Crippen LogP contribution in [-0.4, -0.2) is 14.0 Å². The lowest BCUT2D eigenvalue weighted by Gasteiger charge is -2.00. The van der Waals surface area contributed by atoms with Crippen LogP contribution in [0.4, 0.5) is 0 Å². The molecule has 0 aromatic heterocycles. The molecule has 1 fully saturated rings. The van der Waals surface area contributed by atoms with Gasteiger partial charge in [0.1, 0.15) is 0 Å². The molecule has 0 aliphatic heterocycles. The van der Waals surface area contributed by atoms with Gasteiger partial charge in [-0.15, -0.1) is 0 Å². The lowest BCUT2D eigenvalue weighted by atomic mass is 10.1. The second-order valence-electron chi connectivity index (χ2n) is 2.82. The number of rotatable bonds is 1. The van der Waals surface area contributed by atoms with Gasteiger partial charge in [0.15, 0.2) is 11.1 Å². The van der Waals surface area contributed by atoms with Gasteiger partial charge in [0.2, 0.25) is 0 Å². The van der Waals surface area contributed by atoms with Crippen molar-refractivity contribution in [1.29, 1.82) is 0 Å². The molecule has 1 N–H and O–H groups in total. The molecule has 3 unspecified atom stereocenters. The standard InChI is InChI=1S/C6H12O2S/c1-5-2-3-6(4-5)9(7)8/h5-6H,2-4H2,1H3,(H,7,8). The van der Waals surface area contributed by atoms with E-state index in [2.05, 4.69) is 6.92 Å². The molecule has 54 valence electrons. The zero-order chi connectivity index (χ0) is 6.85. The van der Waals surface area contributed by atoms with Gasteiger partial charge in [0.25, 0.3) is 0 Å². The average molecular weight is 148 g/mol. The fourth-order valence-corrected chi connectivity index (χ4v) is 2.17. The van der Waals surface area contributed by atoms with Crippen LogP contribution in [-0.2, 0) is 11.1 Å². The van der Waals surface area contributed by atoms with Crippen molar-refractivity contribution in [3.05, 3.63) is 0 Å². The fourth-order valence-electron chi connectivity index (χ4n) is 1.34. The van der Waals surface area contributed by atoms with Crippen LogP contribution in [0.25, 0.3) is 0 Å². The maximum atomic E-state index is 10.5. The van der Waals surface area contributed by atoms with Crippen molar-refractivity contribution in [1.82, 2.24) is 0 Å². The van der Waals surface area contributed by atoms with Crippen molar-refractivity contribution < 1.29 is 8.76 Å². The van der Waals surface area contributed by atoms with E-state index in [9.17, 15) is 4.21 Å². The molecule has 0 amide bonds. The van der Waals surface area contributed by atoms with E-state index in [0.717, 1.165) is 19.3 Å². The maximum Gasteiger partial charge on any atom is 0.155 e. The Morgan fingerprint density at radius 2 is 2.22 bits per heavy atom. The molecule has 0 radical (unpaired) electrons. The molecule has 0 spiro atoms. The van der Waals surface area contributed by atoms with E-state index < -0.39 is 11.1 Å². The van der Waals surface area contributed by atoms with Crippen LogP contribution in [0.2, 0.25) is 0 Å². The van der Waals surface area contributed by atoms with Gasteiger partial charge in [0, 0.05) is 0 Å². The lowest BCUT2D eigenvalue weighted by molar-refractivity contribution is 0.542. The smallest absolute Gasteiger partial charge is 0.155 e. The Morgan fingerprint density at radius 1 is 1.56 bits per heavy atom. The molecule has 0 bridgehead atoms. The van der Waals surface area contributed by atoms with Crippen molar-refractivity contribution in [2.45, 2.75) is 31.4 Å². The zero-order valence-corrected chi connectivity index (χ0v) is 6.36. The molecule has 1 rings (SSSR count). The van der Waals surface area contributed by atoms with Crippen LogP contribution in [0.1, 0.15) is 26.2 Å². The average Bonchev–Trinajstić information content (AvgIpc) is 2.14. The summed E-state index contributed by atoms with van der Waals surface area (Å²) in [6.07, 6.45) is 2.99. The van der Waals surface area contributed by atoms with E-state index in [1.807, 2.05) is 0 Å². The SMILES string of the molecule is CC1CCC(S(=O)O)C1. The largest absolute Gasteiger partial charge is 0.306 e. The summed E-state index contributed by atoms with van der Waals surface area (Å²) in [6.45, 7) is 2.13. The summed E-state index contributed by atoms with van der Waals surface area (Å²) in [5.74, 6) is 0.658. The zero-order valence-electron chi connectivity index (χ0n) is 5.54. The minimum Gasteiger partial charge on any atom is -0.306 e. The van der Waals surface area contributed by atoms with Gasteiger partial charge in [-0.3, -0.25) is 0 Å². The normalized spacial score (nSPS) is 38.9. The van der Waals surface area contributed by atoms with E-state index in [1.54, 1.807) is 0 Å². The minimum atomic E-state index is -1.56. The van der Waals surface area contributed by atoms with Crippen LogP contribution in [0.5, 0.6) is 0 Å². The van der Waals surface area contributed by atoms with Crippen molar-refractivity contribution in [2.75, 3.05) is 0 Å². The molecule has 1 aliphatic carbocycles. The van der Waals surface area contributed by atoms with E-state index in [1.165, 1.54) is 0 Å². The Bertz CT molecular complexity index is 124. The van der Waals surface area contributed by atoms with Gasteiger partial charge in [-0.2, -0.15) is 0 Å². The highest BCUT2D eigenvalue weighted by molar-refractivity contribution is 7.79. The Hall–Kier alpha value is 0.110. The highest BCUT2D eigenvalue weighted by Crippen LogP contribution is 2.27. The molecule has 0 heterocycles. The fraction of sp³-hybridized carbons (Fsp3) is 1.00. The van der Waals surface area contributed by atoms with Crippen molar-refractivity contribution in [3.63, 3.8) is 0 Å². The first kappa shape index (κ1) is 7.22. The molecule has 3 heteroatoms. The van der Waals surface area contributed by atoms with E-state index in [0.29, 0.717) is 5.92 Å². The molecule has 3 atom stereocenters. The second kappa shape index (κ2) is 2.80. The molecule has 1 aliphatic rings. The molecule has 0 aromatic carbocycles. The topological polar surface area (TPSA) is 37.3 Å². The molecule has 0 saturated heterocycles. The highest BCUT2D eigenvalue weighted by atomic mass is 32.2. The third kappa shape index (κ3) is 1.76. The Balaban J connectivity index is 2.39. The Morgan fingerprint density at radius 3 is 2.44 bits per heavy atom. The molecule has 1 saturated carbocycles. The maximum absolute atomic E-state index is 10.5. The number of hydrogen-bond donors (Lipinski definition) is 1. The molecular formula is C6H12O2S. The quantitative estimate of drug-likeness (QED) is 0.571. The second-order valence-corrected chi connectivity index (χ2v) is 4.04. The van der Waals surface area contributed by atoms with Crippen molar-refractivity contribution in [2.24, 2.45) is 5.92 Å². The van der Waals surface area contributed by atoms with Crippen LogP contribution in [0.3, 0.4) is 0 Å². The van der Waals surface area contributed by atoms with E-state index in [4.69, 9.17) is 4.55 Å². The lowest BCUT2D eigenvalue weighted by Crippen LogP contribution is -2.08. The summed E-state index contributed by atoms with van der Waals surface area (Å²) >= 11 is -1.56.